The molecule has 3 rings (SSSR count). The first-order valence-electron chi connectivity index (χ1n) is 10.3. The molecule has 0 unspecified atom stereocenters. The van der Waals surface area contributed by atoms with Crippen LogP contribution >= 0.6 is 11.8 Å². The van der Waals surface area contributed by atoms with Crippen molar-refractivity contribution in [3.8, 4) is 17.2 Å². The molecule has 1 aliphatic rings. The quantitative estimate of drug-likeness (QED) is 0.564. The van der Waals surface area contributed by atoms with Gasteiger partial charge in [0.05, 0.1) is 32.8 Å². The predicted molar refractivity (Wildman–Crippen MR) is 131 cm³/mol. The molecule has 0 aliphatic carbocycles. The molecule has 0 saturated heterocycles. The second-order valence-corrected chi connectivity index (χ2v) is 8.13. The van der Waals surface area contributed by atoms with E-state index in [1.54, 1.807) is 49.4 Å². The zero-order valence-corrected chi connectivity index (χ0v) is 20.3. The van der Waals surface area contributed by atoms with Gasteiger partial charge in [0.25, 0.3) is 5.91 Å². The van der Waals surface area contributed by atoms with Gasteiger partial charge in [0.1, 0.15) is 16.4 Å². The molecule has 9 heteroatoms. The Morgan fingerprint density at radius 1 is 1.03 bits per heavy atom. The number of hydrogen-bond donors (Lipinski definition) is 1. The SMILES string of the molecule is CCOC(=O)C1=C(O)/C(=C/c2cc(OC)c(OC)c(OC)c2)SC1=NC(=O)c1ccc(C)cc1. The van der Waals surface area contributed by atoms with E-state index in [1.165, 1.54) is 21.3 Å². The van der Waals surface area contributed by atoms with Crippen LogP contribution in [0.15, 0.2) is 57.6 Å². The Hall–Kier alpha value is -3.72. The molecule has 0 bridgehead atoms. The molecule has 0 saturated carbocycles. The molecule has 0 aromatic heterocycles. The second-order valence-electron chi connectivity index (χ2n) is 7.10. The highest BCUT2D eigenvalue weighted by Crippen LogP contribution is 2.42. The molecular weight excluding hydrogens is 458 g/mol. The Kier molecular flexibility index (Phi) is 8.01. The van der Waals surface area contributed by atoms with Crippen LogP contribution in [0.1, 0.15) is 28.4 Å². The minimum Gasteiger partial charge on any atom is -0.506 e. The number of aliphatic imine (C=N–C) groups is 1. The van der Waals surface area contributed by atoms with Crippen LogP contribution in [0.2, 0.25) is 0 Å². The fraction of sp³-hybridized carbons (Fsp3) is 0.240. The third-order valence-corrected chi connectivity index (χ3v) is 5.88. The van der Waals surface area contributed by atoms with Crippen molar-refractivity contribution in [2.45, 2.75) is 13.8 Å². The first-order chi connectivity index (χ1) is 16.3. The standard InChI is InChI=1S/C25H25NO7S/c1-6-33-25(29)20-21(27)19(13-15-11-17(30-3)22(32-5)18(12-15)31-4)34-24(20)26-23(28)16-9-7-14(2)8-10-16/h7-13,27H,6H2,1-5H3/b19-13-,26-24?. The van der Waals surface area contributed by atoms with Crippen LogP contribution < -0.4 is 14.2 Å². The molecule has 1 aliphatic heterocycles. The van der Waals surface area contributed by atoms with Gasteiger partial charge in [-0.25, -0.2) is 9.79 Å². The predicted octanol–water partition coefficient (Wildman–Crippen LogP) is 4.72. The highest BCUT2D eigenvalue weighted by atomic mass is 32.2. The molecule has 8 nitrogen and oxygen atoms in total. The number of carbonyl (C=O) groups excluding carboxylic acids is 2. The van der Waals surface area contributed by atoms with Gasteiger partial charge in [-0.1, -0.05) is 29.5 Å². The van der Waals surface area contributed by atoms with Gasteiger partial charge in [-0.05, 0) is 49.8 Å². The molecule has 0 spiro atoms. The van der Waals surface area contributed by atoms with Crippen molar-refractivity contribution in [1.82, 2.24) is 0 Å². The maximum Gasteiger partial charge on any atom is 0.344 e. The summed E-state index contributed by atoms with van der Waals surface area (Å²) in [7, 11) is 4.49. The molecule has 0 fully saturated rings. The van der Waals surface area contributed by atoms with Crippen molar-refractivity contribution in [2.75, 3.05) is 27.9 Å². The van der Waals surface area contributed by atoms with Gasteiger partial charge in [-0.3, -0.25) is 4.79 Å². The van der Waals surface area contributed by atoms with E-state index in [4.69, 9.17) is 18.9 Å². The van der Waals surface area contributed by atoms with Crippen LogP contribution in [-0.2, 0) is 9.53 Å². The Labute approximate surface area is 201 Å². The zero-order valence-electron chi connectivity index (χ0n) is 19.5. The number of ether oxygens (including phenoxy) is 4. The lowest BCUT2D eigenvalue weighted by Gasteiger charge is -2.13. The second kappa shape index (κ2) is 10.9. The summed E-state index contributed by atoms with van der Waals surface area (Å²) in [6.45, 7) is 3.66. The Morgan fingerprint density at radius 3 is 2.18 bits per heavy atom. The highest BCUT2D eigenvalue weighted by molar-refractivity contribution is 8.18. The molecule has 0 radical (unpaired) electrons. The number of thioether (sulfide) groups is 1. The number of methoxy groups -OCH3 is 3. The van der Waals surface area contributed by atoms with Gasteiger partial charge in [0.15, 0.2) is 11.5 Å². The molecular formula is C25H25NO7S. The van der Waals surface area contributed by atoms with Crippen LogP contribution in [-0.4, -0.2) is 50.0 Å². The number of rotatable bonds is 7. The fourth-order valence-corrected chi connectivity index (χ4v) is 4.19. The number of hydrogen-bond acceptors (Lipinski definition) is 8. The minimum atomic E-state index is -0.767. The lowest BCUT2D eigenvalue weighted by Crippen LogP contribution is -2.14. The van der Waals surface area contributed by atoms with Crippen molar-refractivity contribution in [2.24, 2.45) is 4.99 Å². The number of amides is 1. The van der Waals surface area contributed by atoms with E-state index in [1.807, 2.05) is 6.92 Å². The molecule has 34 heavy (non-hydrogen) atoms. The van der Waals surface area contributed by atoms with E-state index >= 15 is 0 Å². The van der Waals surface area contributed by atoms with Crippen molar-refractivity contribution in [3.63, 3.8) is 0 Å². The zero-order chi connectivity index (χ0) is 24.8. The Bertz CT molecular complexity index is 1170. The molecule has 1 N–H and O–H groups in total. The largest absolute Gasteiger partial charge is 0.506 e. The van der Waals surface area contributed by atoms with E-state index in [2.05, 4.69) is 4.99 Å². The Morgan fingerprint density at radius 2 is 1.65 bits per heavy atom. The summed E-state index contributed by atoms with van der Waals surface area (Å²) >= 11 is 0.991. The van der Waals surface area contributed by atoms with E-state index in [0.29, 0.717) is 33.3 Å². The Balaban J connectivity index is 2.06. The first-order valence-corrected chi connectivity index (χ1v) is 11.1. The number of aliphatic hydroxyl groups is 1. The molecule has 0 atom stereocenters. The topological polar surface area (TPSA) is 104 Å². The van der Waals surface area contributed by atoms with Gasteiger partial charge in [0, 0.05) is 5.56 Å². The third kappa shape index (κ3) is 5.26. The number of aryl methyl sites for hydroxylation is 1. The molecule has 178 valence electrons. The smallest absolute Gasteiger partial charge is 0.344 e. The molecule has 1 amide bonds. The number of aliphatic hydroxyl groups excluding tert-OH is 1. The molecule has 2 aromatic rings. The van der Waals surface area contributed by atoms with Crippen LogP contribution in [0.3, 0.4) is 0 Å². The van der Waals surface area contributed by atoms with Gasteiger partial charge in [0.2, 0.25) is 5.75 Å². The molecule has 2 aromatic carbocycles. The van der Waals surface area contributed by atoms with Gasteiger partial charge >= 0.3 is 5.97 Å². The van der Waals surface area contributed by atoms with Crippen molar-refractivity contribution in [3.05, 3.63) is 69.3 Å². The number of esters is 1. The average molecular weight is 484 g/mol. The van der Waals surface area contributed by atoms with Crippen molar-refractivity contribution < 1.29 is 33.6 Å². The number of nitrogens with zero attached hydrogens (tertiary/aromatic N) is 1. The van der Waals surface area contributed by atoms with E-state index in [-0.39, 0.29) is 23.0 Å². The summed E-state index contributed by atoms with van der Waals surface area (Å²) in [6, 6.07) is 10.3. The van der Waals surface area contributed by atoms with Crippen LogP contribution in [0.4, 0.5) is 0 Å². The normalized spacial score (nSPS) is 15.6. The summed E-state index contributed by atoms with van der Waals surface area (Å²) < 4.78 is 21.2. The molecule has 1 heterocycles. The van der Waals surface area contributed by atoms with Gasteiger partial charge in [-0.15, -0.1) is 0 Å². The van der Waals surface area contributed by atoms with E-state index in [9.17, 15) is 14.7 Å². The van der Waals surface area contributed by atoms with Gasteiger partial charge < -0.3 is 24.1 Å². The van der Waals surface area contributed by atoms with E-state index in [0.717, 1.165) is 17.3 Å². The van der Waals surface area contributed by atoms with Crippen molar-refractivity contribution >= 4 is 34.8 Å². The van der Waals surface area contributed by atoms with E-state index < -0.39 is 11.9 Å². The third-order valence-electron chi connectivity index (χ3n) is 4.86. The van der Waals surface area contributed by atoms with Crippen LogP contribution in [0.5, 0.6) is 17.2 Å². The highest BCUT2D eigenvalue weighted by Gasteiger charge is 2.34. The van der Waals surface area contributed by atoms with Crippen LogP contribution in [0.25, 0.3) is 6.08 Å². The number of carbonyl (C=O) groups is 2. The van der Waals surface area contributed by atoms with Crippen molar-refractivity contribution in [1.29, 1.82) is 0 Å². The summed E-state index contributed by atoms with van der Waals surface area (Å²) in [6.07, 6.45) is 1.63. The fourth-order valence-electron chi connectivity index (χ4n) is 3.18. The maximum atomic E-state index is 12.7. The maximum absolute atomic E-state index is 12.7. The summed E-state index contributed by atoms with van der Waals surface area (Å²) in [4.78, 5) is 29.7. The average Bonchev–Trinajstić information content (AvgIpc) is 3.13. The lowest BCUT2D eigenvalue weighted by atomic mass is 10.1. The lowest BCUT2D eigenvalue weighted by molar-refractivity contribution is -0.138. The summed E-state index contributed by atoms with van der Waals surface area (Å²) in [5.74, 6) is -0.359. The summed E-state index contributed by atoms with van der Waals surface area (Å²) in [5, 5.41) is 10.9. The van der Waals surface area contributed by atoms with Gasteiger partial charge in [-0.2, -0.15) is 0 Å². The number of benzene rings is 2. The summed E-state index contributed by atoms with van der Waals surface area (Å²) in [5.41, 5.74) is 1.81. The van der Waals surface area contributed by atoms with Crippen LogP contribution in [0, 0.1) is 6.92 Å². The minimum absolute atomic E-state index is 0.0558. The first kappa shape index (κ1) is 24.9. The monoisotopic (exact) mass is 483 g/mol.